The molecule has 0 saturated heterocycles. The second kappa shape index (κ2) is 19.2. The second-order valence-electron chi connectivity index (χ2n) is 14.0. The van der Waals surface area contributed by atoms with Crippen molar-refractivity contribution in [2.45, 2.75) is 83.7 Å². The molecule has 292 valence electrons. The Kier molecular flexibility index (Phi) is 14.6. The van der Waals surface area contributed by atoms with Gasteiger partial charge >= 0.3 is 11.9 Å². The summed E-state index contributed by atoms with van der Waals surface area (Å²) in [6.07, 6.45) is 3.54. The molecule has 0 radical (unpaired) electrons. The maximum absolute atomic E-state index is 15.2. The lowest BCUT2D eigenvalue weighted by atomic mass is 9.93. The van der Waals surface area contributed by atoms with Gasteiger partial charge in [-0.2, -0.15) is 0 Å². The fourth-order valence-electron chi connectivity index (χ4n) is 6.09. The smallest absolute Gasteiger partial charge is 0.348 e. The average molecular weight is 1030 g/mol. The largest absolute Gasteiger partial charge is 0.487 e. The van der Waals surface area contributed by atoms with Crippen LogP contribution >= 0.6 is 75.3 Å². The third-order valence-corrected chi connectivity index (χ3v) is 12.0. The molecular weight excluding hydrogens is 994 g/mol. The minimum atomic E-state index is -2.06. The van der Waals surface area contributed by atoms with Gasteiger partial charge in [0.1, 0.15) is 24.7 Å². The van der Waals surface area contributed by atoms with Gasteiger partial charge in [-0.3, -0.25) is 4.79 Å². The van der Waals surface area contributed by atoms with Crippen LogP contribution in [0.4, 0.5) is 20.2 Å². The molecule has 6 rings (SSSR count). The van der Waals surface area contributed by atoms with E-state index in [1.54, 1.807) is 36.4 Å². The van der Waals surface area contributed by atoms with Crippen molar-refractivity contribution in [3.63, 3.8) is 0 Å². The van der Waals surface area contributed by atoms with Crippen molar-refractivity contribution < 1.29 is 32.6 Å². The molecule has 0 amide bonds. The zero-order valence-corrected chi connectivity index (χ0v) is 37.0. The highest BCUT2D eigenvalue weighted by atomic mass is 79.9. The van der Waals surface area contributed by atoms with Gasteiger partial charge in [-0.15, -0.1) is 0 Å². The predicted octanol–water partition coefficient (Wildman–Crippen LogP) is 12.4. The molecular formula is C41H39Br4ClF2N2O5. The molecule has 55 heavy (non-hydrogen) atoms. The molecule has 4 aromatic carbocycles. The monoisotopic (exact) mass is 1030 g/mol. The molecule has 0 aromatic heterocycles. The highest BCUT2D eigenvalue weighted by molar-refractivity contribution is 9.11. The molecule has 2 aliphatic carbocycles. The van der Waals surface area contributed by atoms with E-state index in [9.17, 15) is 9.59 Å². The van der Waals surface area contributed by atoms with Gasteiger partial charge in [0.2, 0.25) is 6.17 Å². The van der Waals surface area contributed by atoms with E-state index in [0.717, 1.165) is 41.8 Å². The van der Waals surface area contributed by atoms with Crippen LogP contribution in [0, 0.1) is 18.7 Å². The van der Waals surface area contributed by atoms with Gasteiger partial charge in [0.15, 0.2) is 5.82 Å². The summed E-state index contributed by atoms with van der Waals surface area (Å²) in [7, 11) is 0. The minimum absolute atomic E-state index is 0.00981. The molecule has 0 aliphatic heterocycles. The SMILES string of the molecule is Cc1cc(COc2c(Br)cc(CCC(=O)OC(=O)C(F)Cc3cc(Br)c(OCc4cc(Cl)cc(NC5CCC5)c4)c(Br)c3)cc2Br)c(F)c(NCC2CC2)c1. The lowest BCUT2D eigenvalue weighted by molar-refractivity contribution is -0.163. The van der Waals surface area contributed by atoms with Crippen LogP contribution in [0.3, 0.4) is 0 Å². The molecule has 2 saturated carbocycles. The van der Waals surface area contributed by atoms with Gasteiger partial charge in [0.05, 0.1) is 30.0 Å². The third kappa shape index (κ3) is 11.9. The highest BCUT2D eigenvalue weighted by Crippen LogP contribution is 2.38. The number of nitrogens with one attached hydrogen (secondary N) is 2. The van der Waals surface area contributed by atoms with Crippen molar-refractivity contribution in [3.8, 4) is 11.5 Å². The van der Waals surface area contributed by atoms with E-state index in [2.05, 4.69) is 74.4 Å². The van der Waals surface area contributed by atoms with Crippen molar-refractivity contribution in [1.29, 1.82) is 0 Å². The van der Waals surface area contributed by atoms with E-state index < -0.39 is 18.1 Å². The first-order chi connectivity index (χ1) is 26.3. The molecule has 1 unspecified atom stereocenters. The molecule has 2 aliphatic rings. The van der Waals surface area contributed by atoms with Crippen LogP contribution in [-0.4, -0.2) is 30.7 Å². The summed E-state index contributed by atoms with van der Waals surface area (Å²) in [6, 6.07) is 16.6. The van der Waals surface area contributed by atoms with E-state index in [4.69, 9.17) is 25.8 Å². The van der Waals surface area contributed by atoms with Crippen LogP contribution in [0.25, 0.3) is 0 Å². The quantitative estimate of drug-likeness (QED) is 0.0805. The van der Waals surface area contributed by atoms with E-state index in [-0.39, 0.29) is 38.3 Å². The summed E-state index contributed by atoms with van der Waals surface area (Å²) in [4.78, 5) is 25.1. The number of hydrogen-bond acceptors (Lipinski definition) is 7. The Bertz CT molecular complexity index is 2020. The Labute approximate surface area is 358 Å². The van der Waals surface area contributed by atoms with E-state index >= 15 is 8.78 Å². The molecule has 4 aromatic rings. The zero-order valence-electron chi connectivity index (χ0n) is 29.9. The van der Waals surface area contributed by atoms with Crippen molar-refractivity contribution >= 4 is 98.6 Å². The number of carbonyl (C=O) groups excluding carboxylic acids is 2. The summed E-state index contributed by atoms with van der Waals surface area (Å²) < 4.78 is 49.5. The molecule has 14 heteroatoms. The molecule has 0 bridgehead atoms. The first kappa shape index (κ1) is 41.9. The Hall–Kier alpha value is -2.71. The number of aryl methyl sites for hydroxylation is 2. The zero-order chi connectivity index (χ0) is 39.2. The standard InChI is InChI=1S/C41H39Br4ClF2N2O5/c1-22-9-27(38(48)36(10-22)49-19-23-5-6-23)21-54-40-31(42)13-24(14-32(40)43)7-8-37(51)55-41(52)35(47)17-25-15-33(44)39(34(45)16-25)53-20-26-11-28(46)18-30(12-26)50-29-3-2-4-29/h9-16,18,23,29,35,49-50H,2-8,17,19-21H2,1H3. The van der Waals surface area contributed by atoms with Gasteiger partial charge in [-0.1, -0.05) is 11.6 Å². The molecule has 7 nitrogen and oxygen atoms in total. The van der Waals surface area contributed by atoms with Gasteiger partial charge in [-0.05, 0) is 192 Å². The van der Waals surface area contributed by atoms with Crippen LogP contribution in [0.5, 0.6) is 11.5 Å². The number of halogens is 7. The predicted molar refractivity (Wildman–Crippen MR) is 225 cm³/mol. The number of esters is 2. The normalized spacial score (nSPS) is 14.5. The van der Waals surface area contributed by atoms with Crippen LogP contribution in [-0.2, 0) is 40.4 Å². The van der Waals surface area contributed by atoms with Gasteiger partial charge in [-0.25, -0.2) is 13.6 Å². The Morgan fingerprint density at radius 2 is 1.47 bits per heavy atom. The van der Waals surface area contributed by atoms with Gasteiger partial charge < -0.3 is 24.8 Å². The number of benzene rings is 4. The number of ether oxygens (including phenoxy) is 3. The van der Waals surface area contributed by atoms with E-state index in [1.165, 1.54) is 19.3 Å². The number of hydrogen-bond donors (Lipinski definition) is 2. The molecule has 2 N–H and O–H groups in total. The topological polar surface area (TPSA) is 85.9 Å². The van der Waals surface area contributed by atoms with Crippen molar-refractivity contribution in [3.05, 3.63) is 111 Å². The number of anilines is 2. The van der Waals surface area contributed by atoms with Gasteiger partial charge in [0.25, 0.3) is 0 Å². The first-order valence-corrected chi connectivity index (χ1v) is 21.5. The summed E-state index contributed by atoms with van der Waals surface area (Å²) in [5.74, 6) is -0.855. The Balaban J connectivity index is 0.970. The number of rotatable bonds is 17. The summed E-state index contributed by atoms with van der Waals surface area (Å²) >= 11 is 20.4. The van der Waals surface area contributed by atoms with Crippen LogP contribution < -0.4 is 20.1 Å². The lowest BCUT2D eigenvalue weighted by Gasteiger charge is -2.27. The fourth-order valence-corrected chi connectivity index (χ4v) is 9.37. The second-order valence-corrected chi connectivity index (χ2v) is 17.9. The van der Waals surface area contributed by atoms with Crippen molar-refractivity contribution in [2.75, 3.05) is 17.2 Å². The number of carbonyl (C=O) groups is 2. The maximum Gasteiger partial charge on any atom is 0.348 e. The third-order valence-electron chi connectivity index (χ3n) is 9.38. The Morgan fingerprint density at radius 3 is 2.09 bits per heavy atom. The number of alkyl halides is 1. The van der Waals surface area contributed by atoms with Crippen LogP contribution in [0.1, 0.15) is 66.3 Å². The van der Waals surface area contributed by atoms with Crippen LogP contribution in [0.2, 0.25) is 5.02 Å². The summed E-state index contributed by atoms with van der Waals surface area (Å²) in [6.45, 7) is 2.92. The minimum Gasteiger partial charge on any atom is -0.487 e. The van der Waals surface area contributed by atoms with Gasteiger partial charge in [0, 0.05) is 35.3 Å². The van der Waals surface area contributed by atoms with E-state index in [1.807, 2.05) is 25.1 Å². The van der Waals surface area contributed by atoms with E-state index in [0.29, 0.717) is 63.2 Å². The first-order valence-electron chi connectivity index (χ1n) is 18.0. The highest BCUT2D eigenvalue weighted by Gasteiger charge is 2.25. The Morgan fingerprint density at radius 1 is 0.836 bits per heavy atom. The average Bonchev–Trinajstić information content (AvgIpc) is 3.93. The van der Waals surface area contributed by atoms with Crippen molar-refractivity contribution in [1.82, 2.24) is 0 Å². The molecule has 2 fully saturated rings. The van der Waals surface area contributed by atoms with Crippen molar-refractivity contribution in [2.24, 2.45) is 5.92 Å². The molecule has 0 spiro atoms. The summed E-state index contributed by atoms with van der Waals surface area (Å²) in [5.41, 5.74) is 4.89. The maximum atomic E-state index is 15.2. The molecule has 1 atom stereocenters. The summed E-state index contributed by atoms with van der Waals surface area (Å²) in [5, 5.41) is 7.32. The lowest BCUT2D eigenvalue weighted by Crippen LogP contribution is -2.26. The molecule has 0 heterocycles. The van der Waals surface area contributed by atoms with Crippen LogP contribution in [0.15, 0.2) is 72.5 Å². The fraction of sp³-hybridized carbons (Fsp3) is 0.366.